The van der Waals surface area contributed by atoms with Crippen LogP contribution in [-0.4, -0.2) is 217 Å². The lowest BCUT2D eigenvalue weighted by Crippen LogP contribution is -2.48. The summed E-state index contributed by atoms with van der Waals surface area (Å²) in [5, 5.41) is 43.7. The van der Waals surface area contributed by atoms with E-state index in [1.54, 1.807) is 64.8 Å². The second-order valence-electron chi connectivity index (χ2n) is 37.6. The summed E-state index contributed by atoms with van der Waals surface area (Å²) in [5.41, 5.74) is 8.04. The summed E-state index contributed by atoms with van der Waals surface area (Å²) in [6.07, 6.45) is 19.5. The molecule has 0 bridgehead atoms. The van der Waals surface area contributed by atoms with E-state index < -0.39 is 34.7 Å². The van der Waals surface area contributed by atoms with E-state index in [1.165, 1.54) is 97.1 Å². The maximum atomic E-state index is 13.7. The second kappa shape index (κ2) is 37.7. The Bertz CT molecular complexity index is 5760. The van der Waals surface area contributed by atoms with Gasteiger partial charge in [0.1, 0.15) is 36.1 Å². The van der Waals surface area contributed by atoms with Crippen LogP contribution in [0.3, 0.4) is 0 Å². The van der Waals surface area contributed by atoms with Crippen molar-refractivity contribution >= 4 is 74.7 Å². The van der Waals surface area contributed by atoms with Crippen molar-refractivity contribution in [1.29, 1.82) is 0 Å². The van der Waals surface area contributed by atoms with Crippen LogP contribution in [0.25, 0.3) is 66.9 Å². The first-order valence-electron chi connectivity index (χ1n) is 48.3. The number of amides is 3. The van der Waals surface area contributed by atoms with Gasteiger partial charge in [0, 0.05) is 126 Å². The molecule has 0 unspecified atom stereocenters. The van der Waals surface area contributed by atoms with Gasteiger partial charge in [-0.25, -0.2) is 38.9 Å². The minimum Gasteiger partial charge on any atom is -0.481 e. The second-order valence-corrected chi connectivity index (χ2v) is 37.6. The van der Waals surface area contributed by atoms with Gasteiger partial charge in [0.2, 0.25) is 0 Å². The molecule has 0 saturated carbocycles. The van der Waals surface area contributed by atoms with Crippen molar-refractivity contribution in [3.63, 3.8) is 0 Å². The van der Waals surface area contributed by atoms with Crippen LogP contribution in [-0.2, 0) is 104 Å². The molecule has 6 saturated heterocycles. The highest BCUT2D eigenvalue weighted by molar-refractivity contribution is 5.95. The van der Waals surface area contributed by atoms with Crippen molar-refractivity contribution in [1.82, 2.24) is 58.1 Å². The molecule has 6 fully saturated rings. The molecule has 3 amide bonds. The fourth-order valence-electron chi connectivity index (χ4n) is 22.8. The lowest BCUT2D eigenvalue weighted by atomic mass is 9.77. The number of carbonyl (C=O) groups excluding carboxylic acids is 6. The molecule has 0 spiro atoms. The van der Waals surface area contributed by atoms with Crippen LogP contribution in [0.2, 0.25) is 0 Å². The van der Waals surface area contributed by atoms with Gasteiger partial charge in [-0.3, -0.25) is 24.0 Å². The number of nitrogens with zero attached hydrogens (tertiary/aromatic N) is 12. The molecular formula is C102H120N12O19. The van der Waals surface area contributed by atoms with E-state index in [4.69, 9.17) is 48.5 Å². The van der Waals surface area contributed by atoms with Crippen molar-refractivity contribution in [2.24, 2.45) is 0 Å². The first-order valence-corrected chi connectivity index (χ1v) is 48.3. The first-order chi connectivity index (χ1) is 64.2. The zero-order chi connectivity index (χ0) is 93.2. The van der Waals surface area contributed by atoms with Gasteiger partial charge in [-0.15, -0.1) is 0 Å². The van der Waals surface area contributed by atoms with E-state index in [0.29, 0.717) is 188 Å². The van der Waals surface area contributed by atoms with Crippen LogP contribution in [0.15, 0.2) is 87.2 Å². The smallest absolute Gasteiger partial charge is 0.415 e. The molecule has 3 aromatic carbocycles. The van der Waals surface area contributed by atoms with E-state index in [2.05, 4.69) is 35.5 Å². The molecule has 133 heavy (non-hydrogen) atoms. The van der Waals surface area contributed by atoms with Gasteiger partial charge in [0.05, 0.1) is 81.5 Å². The average Bonchev–Trinajstić information content (AvgIpc) is 1.61. The number of hydrogen-bond acceptors (Lipinski definition) is 24. The minimum atomic E-state index is -1.86. The molecule has 6 aromatic heterocycles. The highest BCUT2D eigenvalue weighted by atomic mass is 16.6. The highest BCUT2D eigenvalue weighted by Gasteiger charge is 2.49. The Morgan fingerprint density at radius 2 is 0.669 bits per heavy atom. The van der Waals surface area contributed by atoms with Gasteiger partial charge >= 0.3 is 30.2 Å². The number of ketones is 1. The summed E-state index contributed by atoms with van der Waals surface area (Å²) >= 11 is 0. The maximum absolute atomic E-state index is 13.7. The minimum absolute atomic E-state index is 0.0951. The first kappa shape index (κ1) is 91.9. The summed E-state index contributed by atoms with van der Waals surface area (Å²) in [5.74, 6) is -1.11. The number of aromatic nitrogens is 6. The average molecular weight is 1820 g/mol. The molecule has 4 N–H and O–H groups in total. The van der Waals surface area contributed by atoms with Crippen LogP contribution >= 0.6 is 0 Å². The van der Waals surface area contributed by atoms with Crippen LogP contribution in [0, 0.1) is 0 Å². The maximum Gasteiger partial charge on any atom is 0.415 e. The van der Waals surface area contributed by atoms with Gasteiger partial charge < -0.3 is 87.2 Å². The van der Waals surface area contributed by atoms with E-state index in [0.717, 1.165) is 112 Å². The Kier molecular flexibility index (Phi) is 26.0. The molecule has 9 aromatic rings. The molecule has 702 valence electrons. The number of ether oxygens (including phenoxy) is 5. The number of esters is 2. The Morgan fingerprint density at radius 3 is 0.955 bits per heavy atom. The Morgan fingerprint density at radius 1 is 0.383 bits per heavy atom. The molecule has 31 nitrogen and oxygen atoms in total. The van der Waals surface area contributed by atoms with Gasteiger partial charge in [-0.2, -0.15) is 0 Å². The number of aliphatic carboxylic acids is 1. The van der Waals surface area contributed by atoms with Gasteiger partial charge in [-0.1, -0.05) is 60.8 Å². The van der Waals surface area contributed by atoms with Crippen molar-refractivity contribution in [2.75, 3.05) is 78.5 Å². The third-order valence-corrected chi connectivity index (χ3v) is 30.3. The zero-order valence-corrected chi connectivity index (χ0v) is 77.2. The van der Waals surface area contributed by atoms with Crippen molar-refractivity contribution < 1.29 is 77.7 Å². The number of aliphatic hydroxyl groups is 3. The van der Waals surface area contributed by atoms with Gasteiger partial charge in [-0.05, 0) is 251 Å². The number of piperidine rings is 6. The molecule has 21 rings (SSSR count). The summed E-state index contributed by atoms with van der Waals surface area (Å²) in [6, 6.07) is 23.4. The van der Waals surface area contributed by atoms with Crippen molar-refractivity contribution in [2.45, 2.75) is 264 Å². The number of carboxylic acid groups (broad SMARTS) is 1. The van der Waals surface area contributed by atoms with Gasteiger partial charge in [0.25, 0.3) is 22.6 Å². The van der Waals surface area contributed by atoms with Crippen molar-refractivity contribution in [3.8, 4) is 51.4 Å². The molecular weight excluding hydrogens is 1700 g/mol. The largest absolute Gasteiger partial charge is 0.481 e. The molecule has 17 heterocycles. The summed E-state index contributed by atoms with van der Waals surface area (Å²) in [4.78, 5) is 155. The van der Waals surface area contributed by atoms with Crippen LogP contribution in [0.4, 0.5) is 14.4 Å². The number of hydrogen-bond donors (Lipinski definition) is 4. The lowest BCUT2D eigenvalue weighted by molar-refractivity contribution is -0.172. The summed E-state index contributed by atoms with van der Waals surface area (Å²) in [7, 11) is 0. The zero-order valence-electron chi connectivity index (χ0n) is 77.2. The monoisotopic (exact) mass is 1820 g/mol. The fourth-order valence-corrected chi connectivity index (χ4v) is 22.8. The molecule has 3 atom stereocenters. The summed E-state index contributed by atoms with van der Waals surface area (Å²) < 4.78 is 33.0. The summed E-state index contributed by atoms with van der Waals surface area (Å²) in [6.45, 7) is 24.4. The van der Waals surface area contributed by atoms with E-state index in [-0.39, 0.29) is 79.6 Å². The fraction of sp³-hybridized carbons (Fsp3) is 0.520. The number of carbonyl (C=O) groups is 7. The molecule has 12 aliphatic rings. The number of rotatable bonds is 12. The number of aryl methyl sites for hydroxylation is 3. The molecule has 31 heteroatoms. The van der Waals surface area contributed by atoms with Gasteiger partial charge in [0.15, 0.2) is 17.0 Å². The molecule has 1 aliphatic carbocycles. The predicted octanol–water partition coefficient (Wildman–Crippen LogP) is 12.8. The van der Waals surface area contributed by atoms with Crippen LogP contribution in [0.1, 0.15) is 237 Å². The predicted molar refractivity (Wildman–Crippen MR) is 497 cm³/mol. The number of fused-ring (bicyclic) bond motifs is 15. The topological polar surface area (TPSA) is 371 Å². The third-order valence-electron chi connectivity index (χ3n) is 30.3. The number of Topliss-reactive ketones (excluding diaryl/α,β-unsaturated/α-hetero) is 1. The number of likely N-dealkylation sites (tertiary alicyclic amines) is 6. The third kappa shape index (κ3) is 17.0. The Balaban J connectivity index is 0.000000131. The number of pyridine rings is 6. The highest BCUT2D eigenvalue weighted by Crippen LogP contribution is 2.47. The lowest BCUT2D eigenvalue weighted by Gasteiger charge is -2.39. The van der Waals surface area contributed by atoms with Crippen LogP contribution in [0.5, 0.6) is 17.2 Å². The van der Waals surface area contributed by atoms with Crippen LogP contribution < -0.4 is 30.9 Å². The number of benzene rings is 3. The van der Waals surface area contributed by atoms with E-state index in [9.17, 15) is 58.5 Å². The Labute approximate surface area is 770 Å². The molecule has 0 radical (unpaired) electrons. The molecule has 11 aliphatic heterocycles. The number of carboxylic acids is 1. The Hall–Kier alpha value is -11.6. The van der Waals surface area contributed by atoms with E-state index in [1.807, 2.05) is 57.2 Å². The van der Waals surface area contributed by atoms with E-state index >= 15 is 0 Å². The van der Waals surface area contributed by atoms with Crippen molar-refractivity contribution in [3.05, 3.63) is 171 Å². The SMILES string of the molecule is CC(=O)O.CCc1c2c(nc3ccc(OC(=O)N4CCC(N5CCCCC5)CC4)cc13)-c1cc3c(c(=O)n1C2)CCC(=O)[C@]3(O)CC.CCc1c2c(nc3ccc(OC(=O)N4CCC(N5CCCCC5)CC4)cc13)-c1cc3c(c(=O)n1C2)COC(=O)[C@]3(O)CC.CCc1c2c(nc3ccc(OC(=O)N4CCC(N5CCCCC5)CC4)cc13)-c1cc3c(c(=O)n1C2)COC(=O)[C@]3(O)CC. The standard InChI is InChI=1S/C34H40N4O5.2C33H38N4O6.C2H4O2/c1-3-23-25-18-22(43-33(41)37-16-12-21(13-17-37)36-14-6-5-7-15-36)8-10-28(25)35-31-26(23)20-38-29(31)19-27-24(32(38)40)9-11-30(39)34(27,42)4-2;2*1-3-22-23-16-21(43-32(40)36-14-10-20(11-15-36)35-12-6-5-7-13-35)8-9-27(23)34-29-24(22)18-37-28(29)17-26-25(30(37)38)19-42-31(39)33(26,41)4-2;1-2(3)4/h8,10,18-19,21,42H,3-7,9,11-17,20H2,1-2H3;2*8-9,16-17,20,41H,3-7,10-15,18-19H2,1-2H3;1H3,(H,3,4)/t34-;2*33-;/m000./s1. The normalized spacial score (nSPS) is 21.8. The number of cyclic esters (lactones) is 2. The quantitative estimate of drug-likeness (QED) is 0.0825.